The molecule has 72 valence electrons. The maximum Gasteiger partial charge on any atom is 0.409 e. The van der Waals surface area contributed by atoms with E-state index in [2.05, 4.69) is 0 Å². The van der Waals surface area contributed by atoms with Crippen LogP contribution in [0.2, 0.25) is 0 Å². The zero-order valence-corrected chi connectivity index (χ0v) is 6.68. The van der Waals surface area contributed by atoms with E-state index in [1.165, 1.54) is 24.3 Å². The molecule has 0 aliphatic carbocycles. The van der Waals surface area contributed by atoms with Crippen LogP contribution in [-0.4, -0.2) is 6.18 Å². The third kappa shape index (κ3) is 2.43. The highest BCUT2D eigenvalue weighted by molar-refractivity contribution is 5.19. The standard InChI is InChI=1S/C8H9F3N2/c9-8(10,11)7(13-12)6-4-2-1-3-5-6/h1-5,7,13H,12H2. The normalized spacial score (nSPS) is 14.2. The highest BCUT2D eigenvalue weighted by Crippen LogP contribution is 2.31. The predicted octanol–water partition coefficient (Wildman–Crippen LogP) is 1.75. The Morgan fingerprint density at radius 1 is 1.15 bits per heavy atom. The number of hydrazine groups is 1. The summed E-state index contributed by atoms with van der Waals surface area (Å²) in [6, 6.07) is 5.66. The van der Waals surface area contributed by atoms with Gasteiger partial charge in [0.1, 0.15) is 6.04 Å². The molecule has 13 heavy (non-hydrogen) atoms. The van der Waals surface area contributed by atoms with Gasteiger partial charge >= 0.3 is 6.18 Å². The van der Waals surface area contributed by atoms with Crippen LogP contribution >= 0.6 is 0 Å². The highest BCUT2D eigenvalue weighted by atomic mass is 19.4. The van der Waals surface area contributed by atoms with E-state index in [4.69, 9.17) is 5.84 Å². The fraction of sp³-hybridized carbons (Fsp3) is 0.250. The molecule has 0 aliphatic heterocycles. The average Bonchev–Trinajstić information content (AvgIpc) is 2.05. The SMILES string of the molecule is NNC(c1ccccc1)C(F)(F)F. The number of alkyl halides is 3. The molecule has 0 saturated carbocycles. The van der Waals surface area contributed by atoms with Crippen molar-refractivity contribution >= 4 is 0 Å². The van der Waals surface area contributed by atoms with E-state index in [0.717, 1.165) is 0 Å². The summed E-state index contributed by atoms with van der Waals surface area (Å²) >= 11 is 0. The monoisotopic (exact) mass is 190 g/mol. The molecule has 1 rings (SSSR count). The molecule has 0 aromatic heterocycles. The second kappa shape index (κ2) is 3.76. The molecule has 0 amide bonds. The van der Waals surface area contributed by atoms with Crippen molar-refractivity contribution < 1.29 is 13.2 Å². The Bertz CT molecular complexity index is 258. The number of hydrogen-bond acceptors (Lipinski definition) is 2. The minimum atomic E-state index is -4.36. The quantitative estimate of drug-likeness (QED) is 0.550. The van der Waals surface area contributed by atoms with Gasteiger partial charge in [-0.25, -0.2) is 5.43 Å². The van der Waals surface area contributed by atoms with Crippen LogP contribution in [0.25, 0.3) is 0 Å². The van der Waals surface area contributed by atoms with Gasteiger partial charge in [-0.2, -0.15) is 13.2 Å². The van der Waals surface area contributed by atoms with E-state index >= 15 is 0 Å². The van der Waals surface area contributed by atoms with Crippen molar-refractivity contribution in [3.05, 3.63) is 35.9 Å². The summed E-state index contributed by atoms with van der Waals surface area (Å²) in [5, 5.41) is 0. The molecule has 0 saturated heterocycles. The summed E-state index contributed by atoms with van der Waals surface area (Å²) in [4.78, 5) is 0. The fourth-order valence-corrected chi connectivity index (χ4v) is 1.03. The molecule has 1 aromatic carbocycles. The van der Waals surface area contributed by atoms with Crippen molar-refractivity contribution in [1.29, 1.82) is 0 Å². The van der Waals surface area contributed by atoms with Crippen LogP contribution in [0, 0.1) is 0 Å². The van der Waals surface area contributed by atoms with Gasteiger partial charge < -0.3 is 0 Å². The first kappa shape index (κ1) is 10.0. The summed E-state index contributed by atoms with van der Waals surface area (Å²) in [7, 11) is 0. The molecule has 1 unspecified atom stereocenters. The number of nitrogens with one attached hydrogen (secondary N) is 1. The van der Waals surface area contributed by atoms with Gasteiger partial charge in [0.2, 0.25) is 0 Å². The summed E-state index contributed by atoms with van der Waals surface area (Å²) in [5.74, 6) is 4.82. The van der Waals surface area contributed by atoms with Crippen LogP contribution < -0.4 is 11.3 Å². The van der Waals surface area contributed by atoms with E-state index in [-0.39, 0.29) is 5.56 Å². The van der Waals surface area contributed by atoms with Crippen molar-refractivity contribution in [2.75, 3.05) is 0 Å². The minimum absolute atomic E-state index is 0.109. The Labute approximate surface area is 73.5 Å². The molecule has 0 heterocycles. The summed E-state index contributed by atoms with van der Waals surface area (Å²) in [6.07, 6.45) is -4.36. The van der Waals surface area contributed by atoms with Crippen molar-refractivity contribution in [3.63, 3.8) is 0 Å². The molecule has 1 aromatic rings. The second-order valence-electron chi connectivity index (χ2n) is 2.55. The number of rotatable bonds is 2. The first-order chi connectivity index (χ1) is 6.05. The molecular formula is C8H9F3N2. The van der Waals surface area contributed by atoms with Gasteiger partial charge in [-0.05, 0) is 5.56 Å². The first-order valence-corrected chi connectivity index (χ1v) is 3.63. The topological polar surface area (TPSA) is 38.0 Å². The lowest BCUT2D eigenvalue weighted by Gasteiger charge is -2.19. The lowest BCUT2D eigenvalue weighted by Crippen LogP contribution is -2.38. The summed E-state index contributed by atoms with van der Waals surface area (Å²) in [6.45, 7) is 0. The average molecular weight is 190 g/mol. The van der Waals surface area contributed by atoms with Crippen LogP contribution in [0.5, 0.6) is 0 Å². The molecule has 0 radical (unpaired) electrons. The molecule has 0 bridgehead atoms. The number of halogens is 3. The van der Waals surface area contributed by atoms with Gasteiger partial charge in [-0.15, -0.1) is 0 Å². The van der Waals surface area contributed by atoms with Gasteiger partial charge in [0.25, 0.3) is 0 Å². The molecule has 0 aliphatic rings. The lowest BCUT2D eigenvalue weighted by atomic mass is 10.1. The van der Waals surface area contributed by atoms with Crippen LogP contribution in [0.15, 0.2) is 30.3 Å². The second-order valence-corrected chi connectivity index (χ2v) is 2.55. The summed E-state index contributed by atoms with van der Waals surface area (Å²) in [5.41, 5.74) is 1.84. The van der Waals surface area contributed by atoms with Crippen molar-refractivity contribution in [2.45, 2.75) is 12.2 Å². The van der Waals surface area contributed by atoms with E-state index in [0.29, 0.717) is 0 Å². The Morgan fingerprint density at radius 3 is 2.08 bits per heavy atom. The molecule has 0 spiro atoms. The zero-order valence-electron chi connectivity index (χ0n) is 6.68. The van der Waals surface area contributed by atoms with Gasteiger partial charge in [0.15, 0.2) is 0 Å². The van der Waals surface area contributed by atoms with Gasteiger partial charge in [-0.3, -0.25) is 5.84 Å². The zero-order chi connectivity index (χ0) is 9.90. The number of hydrogen-bond donors (Lipinski definition) is 2. The molecule has 5 heteroatoms. The fourth-order valence-electron chi connectivity index (χ4n) is 1.03. The first-order valence-electron chi connectivity index (χ1n) is 3.63. The van der Waals surface area contributed by atoms with E-state index in [1.54, 1.807) is 11.5 Å². The third-order valence-electron chi connectivity index (χ3n) is 1.63. The maximum atomic E-state index is 12.3. The number of nitrogens with two attached hydrogens (primary N) is 1. The number of benzene rings is 1. The van der Waals surface area contributed by atoms with Crippen molar-refractivity contribution in [1.82, 2.24) is 5.43 Å². The smallest absolute Gasteiger partial charge is 0.271 e. The van der Waals surface area contributed by atoms with E-state index in [1.807, 2.05) is 0 Å². The minimum Gasteiger partial charge on any atom is -0.271 e. The van der Waals surface area contributed by atoms with Crippen LogP contribution in [0.1, 0.15) is 11.6 Å². The Hall–Kier alpha value is -1.07. The lowest BCUT2D eigenvalue weighted by molar-refractivity contribution is -0.157. The molecular weight excluding hydrogens is 181 g/mol. The van der Waals surface area contributed by atoms with Gasteiger partial charge in [-0.1, -0.05) is 30.3 Å². The Morgan fingerprint density at radius 2 is 1.69 bits per heavy atom. The van der Waals surface area contributed by atoms with E-state index < -0.39 is 12.2 Å². The highest BCUT2D eigenvalue weighted by Gasteiger charge is 2.39. The van der Waals surface area contributed by atoms with E-state index in [9.17, 15) is 13.2 Å². The van der Waals surface area contributed by atoms with Crippen molar-refractivity contribution in [3.8, 4) is 0 Å². The largest absolute Gasteiger partial charge is 0.409 e. The maximum absolute atomic E-state index is 12.3. The van der Waals surface area contributed by atoms with Crippen LogP contribution in [0.4, 0.5) is 13.2 Å². The summed E-state index contributed by atoms with van der Waals surface area (Å²) < 4.78 is 36.8. The van der Waals surface area contributed by atoms with Gasteiger partial charge in [0.05, 0.1) is 0 Å². The molecule has 0 fully saturated rings. The van der Waals surface area contributed by atoms with Crippen LogP contribution in [-0.2, 0) is 0 Å². The molecule has 3 N–H and O–H groups in total. The predicted molar refractivity (Wildman–Crippen MR) is 42.6 cm³/mol. The Kier molecular flexibility index (Phi) is 2.90. The van der Waals surface area contributed by atoms with Crippen LogP contribution in [0.3, 0.4) is 0 Å². The third-order valence-corrected chi connectivity index (χ3v) is 1.63. The molecule has 2 nitrogen and oxygen atoms in total. The van der Waals surface area contributed by atoms with Gasteiger partial charge in [0, 0.05) is 0 Å². The molecule has 1 atom stereocenters. The Balaban J connectivity index is 2.92. The van der Waals surface area contributed by atoms with Crippen molar-refractivity contribution in [2.24, 2.45) is 5.84 Å².